The van der Waals surface area contributed by atoms with Crippen LogP contribution in [0.1, 0.15) is 36.4 Å². The van der Waals surface area contributed by atoms with Crippen molar-refractivity contribution in [1.82, 2.24) is 14.4 Å². The van der Waals surface area contributed by atoms with Crippen molar-refractivity contribution in [2.24, 2.45) is 14.1 Å². The van der Waals surface area contributed by atoms with Crippen molar-refractivity contribution in [1.29, 1.82) is 0 Å². The highest BCUT2D eigenvalue weighted by atomic mass is 15.4. The Morgan fingerprint density at radius 1 is 0.824 bits per heavy atom. The number of hydrogen-bond donors (Lipinski definition) is 0. The van der Waals surface area contributed by atoms with Crippen molar-refractivity contribution in [2.75, 3.05) is 7.05 Å². The summed E-state index contributed by atoms with van der Waals surface area (Å²) < 4.78 is 4.74. The Bertz CT molecular complexity index is 1370. The van der Waals surface area contributed by atoms with Gasteiger partial charge in [-0.05, 0) is 67.6 Å². The molecule has 0 N–H and O–H groups in total. The van der Waals surface area contributed by atoms with E-state index in [2.05, 4.69) is 147 Å². The van der Waals surface area contributed by atoms with Crippen LogP contribution in [0.25, 0.3) is 22.2 Å². The van der Waals surface area contributed by atoms with Crippen LogP contribution in [0.3, 0.4) is 0 Å². The molecular formula is C30H35N4+. The molecule has 2 atom stereocenters. The second-order valence-corrected chi connectivity index (χ2v) is 9.80. The third kappa shape index (κ3) is 3.08. The van der Waals surface area contributed by atoms with Crippen LogP contribution in [-0.2, 0) is 19.6 Å². The van der Waals surface area contributed by atoms with Gasteiger partial charge in [0.1, 0.15) is 0 Å². The number of rotatable bonds is 4. The summed E-state index contributed by atoms with van der Waals surface area (Å²) in [4.78, 5) is 4.78. The van der Waals surface area contributed by atoms with Crippen molar-refractivity contribution in [3.8, 4) is 11.1 Å². The van der Waals surface area contributed by atoms with Crippen molar-refractivity contribution in [3.05, 3.63) is 102 Å². The van der Waals surface area contributed by atoms with E-state index in [0.29, 0.717) is 0 Å². The van der Waals surface area contributed by atoms with Gasteiger partial charge in [0.05, 0.1) is 20.3 Å². The Morgan fingerprint density at radius 2 is 1.50 bits per heavy atom. The van der Waals surface area contributed by atoms with Crippen LogP contribution >= 0.6 is 0 Å². The topological polar surface area (TPSA) is 15.3 Å². The zero-order valence-corrected chi connectivity index (χ0v) is 21.4. The summed E-state index contributed by atoms with van der Waals surface area (Å²) in [6.07, 6.45) is 4.67. The Balaban J connectivity index is 1.83. The SMILES string of the molecule is Cc1ccccc1-c1cccc(C(C)(c2n(C)c3ccccc3[n+]2C)N2C=CN(C)[C@@H]2C)c1C. The summed E-state index contributed by atoms with van der Waals surface area (Å²) in [6.45, 7) is 9.14. The standard InChI is InChI=1S/C30H35N4/c1-21-13-8-9-14-24(21)25-15-12-16-26(22(25)2)30(4,34-20-19-31(5)23(34)3)29-32(6)27-17-10-11-18-28(27)33(29)7/h8-20,23H,1-7H3/q+1/t23-,30?/m0/s1. The van der Waals surface area contributed by atoms with E-state index >= 15 is 0 Å². The van der Waals surface area contributed by atoms with Crippen molar-refractivity contribution in [3.63, 3.8) is 0 Å². The van der Waals surface area contributed by atoms with Gasteiger partial charge in [-0.2, -0.15) is 0 Å². The first kappa shape index (κ1) is 22.3. The van der Waals surface area contributed by atoms with Crippen LogP contribution in [0.5, 0.6) is 0 Å². The van der Waals surface area contributed by atoms with Crippen LogP contribution < -0.4 is 4.57 Å². The van der Waals surface area contributed by atoms with Crippen molar-refractivity contribution < 1.29 is 4.57 Å². The zero-order chi connectivity index (χ0) is 24.2. The summed E-state index contributed by atoms with van der Waals surface area (Å²) in [6, 6.07) is 24.2. The molecule has 34 heavy (non-hydrogen) atoms. The van der Waals surface area contributed by atoms with Crippen LogP contribution in [0.2, 0.25) is 0 Å². The molecule has 0 amide bonds. The zero-order valence-electron chi connectivity index (χ0n) is 21.4. The summed E-state index contributed by atoms with van der Waals surface area (Å²) in [5.41, 5.74) is 8.62. The van der Waals surface area contributed by atoms with Gasteiger partial charge in [0.25, 0.3) is 5.82 Å². The normalized spacial score (nSPS) is 17.6. The lowest BCUT2D eigenvalue weighted by Crippen LogP contribution is -2.54. The number of imidazole rings is 1. The monoisotopic (exact) mass is 451 g/mol. The average Bonchev–Trinajstić information content (AvgIpc) is 3.30. The molecule has 0 aliphatic carbocycles. The maximum absolute atomic E-state index is 2.51. The summed E-state index contributed by atoms with van der Waals surface area (Å²) in [5.74, 6) is 1.26. The number of benzene rings is 3. The molecule has 4 nitrogen and oxygen atoms in total. The molecule has 4 aromatic rings. The average molecular weight is 452 g/mol. The first-order valence-electron chi connectivity index (χ1n) is 12.1. The highest BCUT2D eigenvalue weighted by Gasteiger charge is 2.49. The van der Waals surface area contributed by atoms with Gasteiger partial charge >= 0.3 is 0 Å². The molecule has 0 spiro atoms. The molecule has 0 fully saturated rings. The van der Waals surface area contributed by atoms with Gasteiger partial charge < -0.3 is 9.80 Å². The summed E-state index contributed by atoms with van der Waals surface area (Å²) in [5, 5.41) is 0. The third-order valence-corrected chi connectivity index (χ3v) is 7.94. The Kier molecular flexibility index (Phi) is 5.27. The predicted octanol–water partition coefficient (Wildman–Crippen LogP) is 5.61. The molecule has 0 radical (unpaired) electrons. The largest absolute Gasteiger partial charge is 0.359 e. The smallest absolute Gasteiger partial charge is 0.287 e. The number of hydrogen-bond acceptors (Lipinski definition) is 2. The van der Waals surface area contributed by atoms with E-state index in [1.54, 1.807) is 0 Å². The lowest BCUT2D eigenvalue weighted by atomic mass is 9.82. The van der Waals surface area contributed by atoms with E-state index < -0.39 is 5.54 Å². The van der Waals surface area contributed by atoms with E-state index in [-0.39, 0.29) is 6.17 Å². The van der Waals surface area contributed by atoms with Crippen LogP contribution in [0.4, 0.5) is 0 Å². The quantitative estimate of drug-likeness (QED) is 0.375. The molecule has 1 aliphatic heterocycles. The Labute approximate surface area is 203 Å². The van der Waals surface area contributed by atoms with Crippen LogP contribution in [0, 0.1) is 13.8 Å². The fourth-order valence-electron chi connectivity index (χ4n) is 5.99. The first-order chi connectivity index (χ1) is 16.3. The first-order valence-corrected chi connectivity index (χ1v) is 12.1. The fraction of sp³-hybridized carbons (Fsp3) is 0.300. The maximum Gasteiger partial charge on any atom is 0.287 e. The van der Waals surface area contributed by atoms with E-state index in [1.165, 1.54) is 44.7 Å². The third-order valence-electron chi connectivity index (χ3n) is 7.94. The summed E-state index contributed by atoms with van der Waals surface area (Å²) >= 11 is 0. The molecule has 4 heteroatoms. The van der Waals surface area contributed by atoms with Crippen LogP contribution in [0.15, 0.2) is 79.1 Å². The van der Waals surface area contributed by atoms with Crippen molar-refractivity contribution >= 4 is 11.0 Å². The highest BCUT2D eigenvalue weighted by Crippen LogP contribution is 2.43. The Hall–Kier alpha value is -3.53. The minimum atomic E-state index is -0.397. The molecule has 174 valence electrons. The molecular weight excluding hydrogens is 416 g/mol. The molecule has 2 heterocycles. The number of fused-ring (bicyclic) bond motifs is 1. The molecule has 0 bridgehead atoms. The highest BCUT2D eigenvalue weighted by molar-refractivity contribution is 5.74. The minimum Gasteiger partial charge on any atom is -0.359 e. The molecule has 0 saturated carbocycles. The van der Waals surface area contributed by atoms with Crippen molar-refractivity contribution in [2.45, 2.75) is 39.4 Å². The van der Waals surface area contributed by atoms with Gasteiger partial charge in [-0.3, -0.25) is 0 Å². The number of aromatic nitrogens is 2. The molecule has 3 aromatic carbocycles. The molecule has 0 saturated heterocycles. The van der Waals surface area contributed by atoms with Gasteiger partial charge in [0.2, 0.25) is 0 Å². The maximum atomic E-state index is 2.51. The molecule has 1 unspecified atom stereocenters. The minimum absolute atomic E-state index is 0.226. The molecule has 1 aliphatic rings. The second kappa shape index (κ2) is 8.05. The van der Waals surface area contributed by atoms with Gasteiger partial charge in [-0.15, -0.1) is 0 Å². The van der Waals surface area contributed by atoms with Gasteiger partial charge in [-0.25, -0.2) is 9.13 Å². The van der Waals surface area contributed by atoms with E-state index in [4.69, 9.17) is 0 Å². The fourth-order valence-corrected chi connectivity index (χ4v) is 5.99. The molecule has 1 aromatic heterocycles. The van der Waals surface area contributed by atoms with E-state index in [9.17, 15) is 0 Å². The second-order valence-electron chi connectivity index (χ2n) is 9.80. The molecule has 5 rings (SSSR count). The van der Waals surface area contributed by atoms with Gasteiger partial charge in [-0.1, -0.05) is 54.6 Å². The van der Waals surface area contributed by atoms with E-state index in [1.807, 2.05) is 0 Å². The van der Waals surface area contributed by atoms with Gasteiger partial charge in [0.15, 0.2) is 16.6 Å². The van der Waals surface area contributed by atoms with E-state index in [0.717, 1.165) is 0 Å². The lowest BCUT2D eigenvalue weighted by Gasteiger charge is -2.42. The number of aryl methyl sites for hydroxylation is 3. The number of nitrogens with zero attached hydrogens (tertiary/aromatic N) is 4. The summed E-state index contributed by atoms with van der Waals surface area (Å²) in [7, 11) is 6.55. The number of para-hydroxylation sites is 2. The van der Waals surface area contributed by atoms with Gasteiger partial charge in [0, 0.05) is 19.4 Å². The van der Waals surface area contributed by atoms with Crippen LogP contribution in [-0.4, -0.2) is 27.6 Å². The lowest BCUT2D eigenvalue weighted by molar-refractivity contribution is -0.659. The predicted molar refractivity (Wildman–Crippen MR) is 140 cm³/mol. The Morgan fingerprint density at radius 3 is 2.18 bits per heavy atom.